The zero-order chi connectivity index (χ0) is 11.5. The number of ether oxygens (including phenoxy) is 1. The molecule has 0 aromatic carbocycles. The Morgan fingerprint density at radius 3 is 2.69 bits per heavy atom. The minimum absolute atomic E-state index is 0.112. The van der Waals surface area contributed by atoms with Crippen LogP contribution in [0.2, 0.25) is 0 Å². The van der Waals surface area contributed by atoms with Gasteiger partial charge in [0.25, 0.3) is 0 Å². The van der Waals surface area contributed by atoms with E-state index in [4.69, 9.17) is 4.74 Å². The third kappa shape index (κ3) is 2.31. The molecule has 0 aliphatic heterocycles. The van der Waals surface area contributed by atoms with E-state index < -0.39 is 0 Å². The molecule has 0 bridgehead atoms. The minimum atomic E-state index is -0.112. The molecule has 2 saturated carbocycles. The van der Waals surface area contributed by atoms with Gasteiger partial charge in [0.15, 0.2) is 0 Å². The van der Waals surface area contributed by atoms with Crippen LogP contribution in [0.25, 0.3) is 0 Å². The van der Waals surface area contributed by atoms with Gasteiger partial charge in [-0.15, -0.1) is 0 Å². The molecule has 0 heterocycles. The molecule has 0 aromatic rings. The lowest BCUT2D eigenvalue weighted by Crippen LogP contribution is -2.27. The molecule has 2 aliphatic carbocycles. The van der Waals surface area contributed by atoms with Crippen molar-refractivity contribution in [3.05, 3.63) is 11.6 Å². The molecule has 16 heavy (non-hydrogen) atoms. The molecule has 2 heteroatoms. The third-order valence-electron chi connectivity index (χ3n) is 4.28. The first-order valence-corrected chi connectivity index (χ1v) is 6.56. The summed E-state index contributed by atoms with van der Waals surface area (Å²) in [6.07, 6.45) is 9.67. The number of allylic oxidation sites excluding steroid dienone is 1. The first-order valence-electron chi connectivity index (χ1n) is 6.56. The van der Waals surface area contributed by atoms with E-state index in [1.54, 1.807) is 0 Å². The Hall–Kier alpha value is -0.790. The Labute approximate surface area is 98.1 Å². The van der Waals surface area contributed by atoms with Gasteiger partial charge < -0.3 is 4.74 Å². The van der Waals surface area contributed by atoms with Gasteiger partial charge in [-0.1, -0.05) is 25.3 Å². The van der Waals surface area contributed by atoms with Crippen LogP contribution in [0.5, 0.6) is 0 Å². The van der Waals surface area contributed by atoms with Crippen molar-refractivity contribution < 1.29 is 9.53 Å². The standard InChI is InChI=1S/C14H22O2/c1-3-10(2)14(15)16-13-9-8-11-6-4-5-7-12(11)13/h3,11-13H,4-9H2,1-2H3. The van der Waals surface area contributed by atoms with Gasteiger partial charge in [0.1, 0.15) is 6.10 Å². The normalized spacial score (nSPS) is 34.6. The van der Waals surface area contributed by atoms with Gasteiger partial charge in [-0.05, 0) is 44.9 Å². The van der Waals surface area contributed by atoms with Crippen molar-refractivity contribution in [2.45, 2.75) is 58.5 Å². The molecular formula is C14H22O2. The predicted octanol–water partition coefficient (Wildman–Crippen LogP) is 3.46. The van der Waals surface area contributed by atoms with Crippen molar-refractivity contribution in [2.75, 3.05) is 0 Å². The van der Waals surface area contributed by atoms with Crippen LogP contribution in [-0.2, 0) is 9.53 Å². The predicted molar refractivity (Wildman–Crippen MR) is 64.0 cm³/mol. The lowest BCUT2D eigenvalue weighted by atomic mass is 9.81. The van der Waals surface area contributed by atoms with Gasteiger partial charge in [-0.2, -0.15) is 0 Å². The van der Waals surface area contributed by atoms with Crippen molar-refractivity contribution in [3.8, 4) is 0 Å². The second-order valence-corrected chi connectivity index (χ2v) is 5.20. The molecule has 0 amide bonds. The van der Waals surface area contributed by atoms with Crippen LogP contribution >= 0.6 is 0 Å². The third-order valence-corrected chi connectivity index (χ3v) is 4.28. The molecule has 3 unspecified atom stereocenters. The van der Waals surface area contributed by atoms with Crippen LogP contribution < -0.4 is 0 Å². The number of rotatable bonds is 2. The number of carbonyl (C=O) groups excluding carboxylic acids is 1. The van der Waals surface area contributed by atoms with Crippen molar-refractivity contribution in [1.82, 2.24) is 0 Å². The highest BCUT2D eigenvalue weighted by atomic mass is 16.5. The second kappa shape index (κ2) is 5.03. The monoisotopic (exact) mass is 222 g/mol. The molecular weight excluding hydrogens is 200 g/mol. The molecule has 90 valence electrons. The van der Waals surface area contributed by atoms with Crippen molar-refractivity contribution in [2.24, 2.45) is 11.8 Å². The molecule has 2 aliphatic rings. The van der Waals surface area contributed by atoms with E-state index in [2.05, 4.69) is 0 Å². The van der Waals surface area contributed by atoms with Gasteiger partial charge in [0, 0.05) is 5.57 Å². The molecule has 2 rings (SSSR count). The Bertz CT molecular complexity index is 293. The summed E-state index contributed by atoms with van der Waals surface area (Å²) in [5.74, 6) is 1.37. The largest absolute Gasteiger partial charge is 0.459 e. The maximum atomic E-state index is 11.7. The topological polar surface area (TPSA) is 26.3 Å². The summed E-state index contributed by atoms with van der Waals surface area (Å²) < 4.78 is 5.63. The van der Waals surface area contributed by atoms with E-state index in [-0.39, 0.29) is 12.1 Å². The lowest BCUT2D eigenvalue weighted by Gasteiger charge is -2.28. The molecule has 0 N–H and O–H groups in total. The summed E-state index contributed by atoms with van der Waals surface area (Å²) in [7, 11) is 0. The zero-order valence-electron chi connectivity index (χ0n) is 10.4. The summed E-state index contributed by atoms with van der Waals surface area (Å²) in [5.41, 5.74) is 0.735. The average molecular weight is 222 g/mol. The maximum absolute atomic E-state index is 11.7. The van der Waals surface area contributed by atoms with Crippen molar-refractivity contribution in [1.29, 1.82) is 0 Å². The van der Waals surface area contributed by atoms with Crippen LogP contribution in [0.4, 0.5) is 0 Å². The fraction of sp³-hybridized carbons (Fsp3) is 0.786. The first-order chi connectivity index (χ1) is 7.72. The Balaban J connectivity index is 1.93. The molecule has 0 radical (unpaired) electrons. The lowest BCUT2D eigenvalue weighted by molar-refractivity contribution is -0.146. The van der Waals surface area contributed by atoms with Crippen LogP contribution in [0.15, 0.2) is 11.6 Å². The van der Waals surface area contributed by atoms with Gasteiger partial charge >= 0.3 is 5.97 Å². The van der Waals surface area contributed by atoms with Gasteiger partial charge in [0.2, 0.25) is 0 Å². The quantitative estimate of drug-likeness (QED) is 0.528. The molecule has 2 nitrogen and oxygen atoms in total. The SMILES string of the molecule is CC=C(C)C(=O)OC1CCC2CCCCC21. The van der Waals surface area contributed by atoms with Gasteiger partial charge in [0.05, 0.1) is 0 Å². The van der Waals surface area contributed by atoms with Gasteiger partial charge in [-0.25, -0.2) is 4.79 Å². The number of fused-ring (bicyclic) bond motifs is 1. The number of carbonyl (C=O) groups is 1. The summed E-state index contributed by atoms with van der Waals surface area (Å²) in [6.45, 7) is 3.71. The first kappa shape index (κ1) is 11.7. The fourth-order valence-electron chi connectivity index (χ4n) is 3.17. The fourth-order valence-corrected chi connectivity index (χ4v) is 3.17. The highest BCUT2D eigenvalue weighted by Crippen LogP contribution is 2.43. The van der Waals surface area contributed by atoms with Crippen LogP contribution in [0.3, 0.4) is 0 Å². The summed E-state index contributed by atoms with van der Waals surface area (Å²) in [6, 6.07) is 0. The maximum Gasteiger partial charge on any atom is 0.333 e. The average Bonchev–Trinajstić information content (AvgIpc) is 2.72. The highest BCUT2D eigenvalue weighted by molar-refractivity contribution is 5.87. The Morgan fingerprint density at radius 2 is 1.94 bits per heavy atom. The zero-order valence-corrected chi connectivity index (χ0v) is 10.4. The number of hydrogen-bond acceptors (Lipinski definition) is 2. The molecule has 3 atom stereocenters. The summed E-state index contributed by atoms with van der Waals surface area (Å²) in [5, 5.41) is 0. The molecule has 0 spiro atoms. The van der Waals surface area contributed by atoms with Crippen LogP contribution in [-0.4, -0.2) is 12.1 Å². The Morgan fingerprint density at radius 1 is 1.19 bits per heavy atom. The van der Waals surface area contributed by atoms with Crippen molar-refractivity contribution in [3.63, 3.8) is 0 Å². The smallest absolute Gasteiger partial charge is 0.333 e. The second-order valence-electron chi connectivity index (χ2n) is 5.20. The Kier molecular flexibility index (Phi) is 3.67. The summed E-state index contributed by atoms with van der Waals surface area (Å²) >= 11 is 0. The molecule has 0 saturated heterocycles. The van der Waals surface area contributed by atoms with Crippen molar-refractivity contribution >= 4 is 5.97 Å². The van der Waals surface area contributed by atoms with E-state index in [0.717, 1.165) is 17.9 Å². The highest BCUT2D eigenvalue weighted by Gasteiger charge is 2.39. The number of esters is 1. The van der Waals surface area contributed by atoms with E-state index in [1.807, 2.05) is 19.9 Å². The molecule has 2 fully saturated rings. The number of hydrogen-bond donors (Lipinski definition) is 0. The minimum Gasteiger partial charge on any atom is -0.459 e. The van der Waals surface area contributed by atoms with E-state index in [1.165, 1.54) is 32.1 Å². The van der Waals surface area contributed by atoms with E-state index in [9.17, 15) is 4.79 Å². The van der Waals surface area contributed by atoms with Gasteiger partial charge in [-0.3, -0.25) is 0 Å². The van der Waals surface area contributed by atoms with E-state index in [0.29, 0.717) is 5.92 Å². The molecule has 0 aromatic heterocycles. The summed E-state index contributed by atoms with van der Waals surface area (Å²) in [4.78, 5) is 11.7. The van der Waals surface area contributed by atoms with E-state index >= 15 is 0 Å². The van der Waals surface area contributed by atoms with Crippen LogP contribution in [0, 0.1) is 11.8 Å². The van der Waals surface area contributed by atoms with Crippen LogP contribution in [0.1, 0.15) is 52.4 Å².